The van der Waals surface area contributed by atoms with Crippen LogP contribution in [0.3, 0.4) is 0 Å². The number of H-pyrrole nitrogens is 1. The van der Waals surface area contributed by atoms with Gasteiger partial charge in [-0.2, -0.15) is 5.10 Å². The Morgan fingerprint density at radius 2 is 2.27 bits per heavy atom. The van der Waals surface area contributed by atoms with Gasteiger partial charge >= 0.3 is 0 Å². The molecule has 0 radical (unpaired) electrons. The molecule has 1 aromatic heterocycles. The van der Waals surface area contributed by atoms with Crippen molar-refractivity contribution in [3.05, 3.63) is 23.4 Å². The van der Waals surface area contributed by atoms with Gasteiger partial charge in [-0.3, -0.25) is 9.89 Å². The predicted molar refractivity (Wildman–Crippen MR) is 85.9 cm³/mol. The SMILES string of the molecule is NC(CC(=O)Nc1cc(Cl)cc2cn[nH]c12)C1CCOCC1. The van der Waals surface area contributed by atoms with E-state index in [4.69, 9.17) is 22.1 Å². The quantitative estimate of drug-likeness (QED) is 0.805. The van der Waals surface area contributed by atoms with E-state index >= 15 is 0 Å². The molecule has 0 saturated carbocycles. The van der Waals surface area contributed by atoms with Gasteiger partial charge in [-0.15, -0.1) is 0 Å². The maximum Gasteiger partial charge on any atom is 0.226 e. The lowest BCUT2D eigenvalue weighted by atomic mass is 9.90. The average Bonchev–Trinajstić information content (AvgIpc) is 2.96. The van der Waals surface area contributed by atoms with Crippen molar-refractivity contribution in [1.82, 2.24) is 10.2 Å². The van der Waals surface area contributed by atoms with Gasteiger partial charge < -0.3 is 15.8 Å². The highest BCUT2D eigenvalue weighted by Crippen LogP contribution is 2.27. The minimum Gasteiger partial charge on any atom is -0.381 e. The summed E-state index contributed by atoms with van der Waals surface area (Å²) < 4.78 is 5.32. The van der Waals surface area contributed by atoms with E-state index in [0.717, 1.165) is 37.0 Å². The van der Waals surface area contributed by atoms with E-state index in [2.05, 4.69) is 15.5 Å². The molecule has 22 heavy (non-hydrogen) atoms. The number of anilines is 1. The highest BCUT2D eigenvalue weighted by Gasteiger charge is 2.23. The number of rotatable bonds is 4. The molecule has 1 saturated heterocycles. The molecule has 4 N–H and O–H groups in total. The summed E-state index contributed by atoms with van der Waals surface area (Å²) >= 11 is 6.06. The Labute approximate surface area is 133 Å². The summed E-state index contributed by atoms with van der Waals surface area (Å²) in [5.41, 5.74) is 7.55. The number of hydrogen-bond acceptors (Lipinski definition) is 4. The maximum absolute atomic E-state index is 12.2. The third-order valence-corrected chi connectivity index (χ3v) is 4.30. The minimum atomic E-state index is -0.152. The zero-order chi connectivity index (χ0) is 15.5. The lowest BCUT2D eigenvalue weighted by Gasteiger charge is -2.27. The van der Waals surface area contributed by atoms with Crippen LogP contribution in [0, 0.1) is 5.92 Å². The Balaban J connectivity index is 1.66. The van der Waals surface area contributed by atoms with Crippen LogP contribution in [-0.4, -0.2) is 35.4 Å². The molecule has 118 valence electrons. The summed E-state index contributed by atoms with van der Waals surface area (Å²) in [5, 5.41) is 11.1. The molecule has 1 unspecified atom stereocenters. The van der Waals surface area contributed by atoms with E-state index in [1.54, 1.807) is 18.3 Å². The Morgan fingerprint density at radius 3 is 3.05 bits per heavy atom. The first-order valence-corrected chi connectivity index (χ1v) is 7.77. The molecule has 0 bridgehead atoms. The fourth-order valence-electron chi connectivity index (χ4n) is 2.85. The van der Waals surface area contributed by atoms with Crippen molar-refractivity contribution in [2.75, 3.05) is 18.5 Å². The number of nitrogens with one attached hydrogen (secondary N) is 2. The summed E-state index contributed by atoms with van der Waals surface area (Å²) in [5.74, 6) is 0.225. The van der Waals surface area contributed by atoms with Gasteiger partial charge in [0, 0.05) is 36.1 Å². The molecule has 2 heterocycles. The fourth-order valence-corrected chi connectivity index (χ4v) is 3.07. The van der Waals surface area contributed by atoms with Crippen LogP contribution in [-0.2, 0) is 9.53 Å². The first kappa shape index (κ1) is 15.3. The zero-order valence-electron chi connectivity index (χ0n) is 12.1. The second-order valence-electron chi connectivity index (χ2n) is 5.65. The molecular formula is C15H19ClN4O2. The van der Waals surface area contributed by atoms with Crippen molar-refractivity contribution in [3.63, 3.8) is 0 Å². The number of nitrogens with zero attached hydrogens (tertiary/aromatic N) is 1. The van der Waals surface area contributed by atoms with Crippen molar-refractivity contribution in [2.45, 2.75) is 25.3 Å². The topological polar surface area (TPSA) is 93.0 Å². The van der Waals surface area contributed by atoms with Gasteiger partial charge in [0.2, 0.25) is 5.91 Å². The van der Waals surface area contributed by atoms with Gasteiger partial charge in [-0.25, -0.2) is 0 Å². The van der Waals surface area contributed by atoms with E-state index in [-0.39, 0.29) is 18.4 Å². The van der Waals surface area contributed by atoms with Crippen LogP contribution in [0.15, 0.2) is 18.3 Å². The highest BCUT2D eigenvalue weighted by molar-refractivity contribution is 6.32. The lowest BCUT2D eigenvalue weighted by molar-refractivity contribution is -0.117. The molecule has 1 fully saturated rings. The largest absolute Gasteiger partial charge is 0.381 e. The molecule has 1 amide bonds. The summed E-state index contributed by atoms with van der Waals surface area (Å²) in [7, 11) is 0. The number of carbonyl (C=O) groups is 1. The number of halogens is 1. The third-order valence-electron chi connectivity index (χ3n) is 4.08. The molecule has 1 aromatic carbocycles. The molecule has 7 heteroatoms. The van der Waals surface area contributed by atoms with Gasteiger partial charge in [0.25, 0.3) is 0 Å². The van der Waals surface area contributed by atoms with Gasteiger partial charge in [0.05, 0.1) is 17.4 Å². The van der Waals surface area contributed by atoms with Crippen LogP contribution in [0.25, 0.3) is 10.9 Å². The molecule has 0 aliphatic carbocycles. The summed E-state index contributed by atoms with van der Waals surface area (Å²) in [6.07, 6.45) is 3.78. The number of nitrogens with two attached hydrogens (primary N) is 1. The number of ether oxygens (including phenoxy) is 1. The lowest BCUT2D eigenvalue weighted by Crippen LogP contribution is -2.37. The summed E-state index contributed by atoms with van der Waals surface area (Å²) in [6, 6.07) is 3.35. The number of aromatic amines is 1. The Morgan fingerprint density at radius 1 is 1.50 bits per heavy atom. The number of aromatic nitrogens is 2. The number of benzene rings is 1. The third kappa shape index (κ3) is 3.40. The fraction of sp³-hybridized carbons (Fsp3) is 0.467. The van der Waals surface area contributed by atoms with Crippen molar-refractivity contribution >= 4 is 34.1 Å². The Bertz CT molecular complexity index is 667. The van der Waals surface area contributed by atoms with E-state index in [0.29, 0.717) is 16.6 Å². The first-order chi connectivity index (χ1) is 10.6. The Kier molecular flexibility index (Phi) is 4.61. The van der Waals surface area contributed by atoms with Gasteiger partial charge in [-0.1, -0.05) is 11.6 Å². The molecule has 6 nitrogen and oxygen atoms in total. The van der Waals surface area contributed by atoms with Crippen LogP contribution < -0.4 is 11.1 Å². The first-order valence-electron chi connectivity index (χ1n) is 7.39. The molecule has 0 spiro atoms. The van der Waals surface area contributed by atoms with Crippen LogP contribution in [0.1, 0.15) is 19.3 Å². The van der Waals surface area contributed by atoms with Crippen molar-refractivity contribution < 1.29 is 9.53 Å². The van der Waals surface area contributed by atoms with Gasteiger partial charge in [0.1, 0.15) is 0 Å². The van der Waals surface area contributed by atoms with E-state index in [1.165, 1.54) is 0 Å². The van der Waals surface area contributed by atoms with Gasteiger partial charge in [-0.05, 0) is 30.9 Å². The standard InChI is InChI=1S/C15H19ClN4O2/c16-11-5-10-8-18-20-15(10)13(6-11)19-14(21)7-12(17)9-1-3-22-4-2-9/h5-6,8-9,12H,1-4,7,17H2,(H,18,20)(H,19,21). The van der Waals surface area contributed by atoms with Crippen LogP contribution in [0.5, 0.6) is 0 Å². The predicted octanol–water partition coefficient (Wildman–Crippen LogP) is 2.30. The number of carbonyl (C=O) groups excluding carboxylic acids is 1. The summed E-state index contributed by atoms with van der Waals surface area (Å²) in [4.78, 5) is 12.2. The Hall–Kier alpha value is -1.63. The monoisotopic (exact) mass is 322 g/mol. The number of amides is 1. The summed E-state index contributed by atoms with van der Waals surface area (Å²) in [6.45, 7) is 1.45. The van der Waals surface area contributed by atoms with E-state index < -0.39 is 0 Å². The average molecular weight is 323 g/mol. The molecule has 1 aliphatic rings. The van der Waals surface area contributed by atoms with E-state index in [1.807, 2.05) is 0 Å². The smallest absolute Gasteiger partial charge is 0.226 e. The van der Waals surface area contributed by atoms with Crippen LogP contribution in [0.4, 0.5) is 5.69 Å². The zero-order valence-corrected chi connectivity index (χ0v) is 12.9. The molecule has 2 aromatic rings. The number of hydrogen-bond donors (Lipinski definition) is 3. The van der Waals surface area contributed by atoms with Crippen LogP contribution >= 0.6 is 11.6 Å². The number of fused-ring (bicyclic) bond motifs is 1. The normalized spacial score (nSPS) is 17.5. The molecule has 1 aliphatic heterocycles. The molecular weight excluding hydrogens is 304 g/mol. The van der Waals surface area contributed by atoms with E-state index in [9.17, 15) is 4.79 Å². The maximum atomic E-state index is 12.2. The second-order valence-corrected chi connectivity index (χ2v) is 6.09. The highest BCUT2D eigenvalue weighted by atomic mass is 35.5. The molecule has 3 rings (SSSR count). The van der Waals surface area contributed by atoms with Crippen LogP contribution in [0.2, 0.25) is 5.02 Å². The minimum absolute atomic E-state index is 0.114. The van der Waals surface area contributed by atoms with Crippen molar-refractivity contribution in [2.24, 2.45) is 11.7 Å². The van der Waals surface area contributed by atoms with Crippen molar-refractivity contribution in [3.8, 4) is 0 Å². The van der Waals surface area contributed by atoms with Crippen molar-refractivity contribution in [1.29, 1.82) is 0 Å². The van der Waals surface area contributed by atoms with Gasteiger partial charge in [0.15, 0.2) is 0 Å². The second kappa shape index (κ2) is 6.64. The molecule has 1 atom stereocenters.